The van der Waals surface area contributed by atoms with Crippen LogP contribution in [-0.4, -0.2) is 50.8 Å². The van der Waals surface area contributed by atoms with Gasteiger partial charge in [0.2, 0.25) is 5.16 Å². The van der Waals surface area contributed by atoms with Crippen molar-refractivity contribution in [1.29, 1.82) is 0 Å². The van der Waals surface area contributed by atoms with E-state index in [0.717, 1.165) is 36.2 Å². The van der Waals surface area contributed by atoms with Gasteiger partial charge >= 0.3 is 0 Å². The summed E-state index contributed by atoms with van der Waals surface area (Å²) in [5.41, 5.74) is 1.21. The molecule has 8 heteroatoms. The first kappa shape index (κ1) is 16.7. The van der Waals surface area contributed by atoms with Gasteiger partial charge in [0.1, 0.15) is 12.4 Å². The number of ether oxygens (including phenoxy) is 1. The van der Waals surface area contributed by atoms with Crippen molar-refractivity contribution < 1.29 is 9.84 Å². The summed E-state index contributed by atoms with van der Waals surface area (Å²) in [4.78, 5) is 0. The number of hydrogen-bond donors (Lipinski definition) is 2. The van der Waals surface area contributed by atoms with Crippen LogP contribution in [0.25, 0.3) is 0 Å². The Morgan fingerprint density at radius 1 is 1.32 bits per heavy atom. The first-order chi connectivity index (χ1) is 10.8. The largest absolute Gasteiger partial charge is 0.491 e. The summed E-state index contributed by atoms with van der Waals surface area (Å²) in [6, 6.07) is 7.90. The summed E-state index contributed by atoms with van der Waals surface area (Å²) < 4.78 is 7.00. The van der Waals surface area contributed by atoms with Crippen LogP contribution in [0.2, 0.25) is 0 Å². The SMILES string of the molecule is Cn1nnnc1SCCCNCc1ccc(OCCO)cc1. The fourth-order valence-electron chi connectivity index (χ4n) is 1.80. The molecular formula is C14H21N5O2S. The number of nitrogens with one attached hydrogen (secondary N) is 1. The first-order valence-electron chi connectivity index (χ1n) is 7.18. The number of aromatic nitrogens is 4. The number of rotatable bonds is 10. The van der Waals surface area contributed by atoms with E-state index in [9.17, 15) is 0 Å². The van der Waals surface area contributed by atoms with Crippen molar-refractivity contribution >= 4 is 11.8 Å². The Hall–Kier alpha value is -1.64. The quantitative estimate of drug-likeness (QED) is 0.495. The predicted octanol–water partition coefficient (Wildman–Crippen LogP) is 0.853. The van der Waals surface area contributed by atoms with Crippen LogP contribution in [0.1, 0.15) is 12.0 Å². The average Bonchev–Trinajstić information content (AvgIpc) is 2.95. The Labute approximate surface area is 134 Å². The van der Waals surface area contributed by atoms with Gasteiger partial charge in [-0.15, -0.1) is 5.10 Å². The van der Waals surface area contributed by atoms with Crippen molar-refractivity contribution in [3.8, 4) is 5.75 Å². The van der Waals surface area contributed by atoms with Crippen LogP contribution < -0.4 is 10.1 Å². The molecule has 0 saturated carbocycles. The Morgan fingerprint density at radius 2 is 2.14 bits per heavy atom. The van der Waals surface area contributed by atoms with Crippen molar-refractivity contribution in [2.75, 3.05) is 25.5 Å². The van der Waals surface area contributed by atoms with Crippen molar-refractivity contribution in [3.05, 3.63) is 29.8 Å². The zero-order valence-electron chi connectivity index (χ0n) is 12.6. The van der Waals surface area contributed by atoms with Crippen molar-refractivity contribution in [1.82, 2.24) is 25.5 Å². The normalized spacial score (nSPS) is 10.8. The molecule has 7 nitrogen and oxygen atoms in total. The summed E-state index contributed by atoms with van der Waals surface area (Å²) in [6.45, 7) is 2.14. The smallest absolute Gasteiger partial charge is 0.209 e. The fraction of sp³-hybridized carbons (Fsp3) is 0.500. The van der Waals surface area contributed by atoms with E-state index in [0.29, 0.717) is 6.61 Å². The molecule has 0 aliphatic rings. The molecular weight excluding hydrogens is 302 g/mol. The molecule has 0 radical (unpaired) electrons. The molecule has 22 heavy (non-hydrogen) atoms. The van der Waals surface area contributed by atoms with E-state index in [1.807, 2.05) is 31.3 Å². The van der Waals surface area contributed by atoms with Gasteiger partial charge in [0.15, 0.2) is 0 Å². The topological polar surface area (TPSA) is 85.1 Å². The Balaban J connectivity index is 1.57. The third-order valence-corrected chi connectivity index (χ3v) is 4.02. The molecule has 2 aromatic rings. The lowest BCUT2D eigenvalue weighted by Gasteiger charge is -2.07. The summed E-state index contributed by atoms with van der Waals surface area (Å²) >= 11 is 1.66. The number of tetrazole rings is 1. The highest BCUT2D eigenvalue weighted by Crippen LogP contribution is 2.13. The van der Waals surface area contributed by atoms with Crippen LogP contribution in [-0.2, 0) is 13.6 Å². The molecule has 0 spiro atoms. The van der Waals surface area contributed by atoms with Crippen molar-refractivity contribution in [3.63, 3.8) is 0 Å². The molecule has 0 unspecified atom stereocenters. The number of aliphatic hydroxyl groups excluding tert-OH is 1. The van der Waals surface area contributed by atoms with Crippen LogP contribution >= 0.6 is 11.8 Å². The Morgan fingerprint density at radius 3 is 2.82 bits per heavy atom. The fourth-order valence-corrected chi connectivity index (χ4v) is 2.59. The van der Waals surface area contributed by atoms with Crippen LogP contribution in [0.15, 0.2) is 29.4 Å². The molecule has 0 aliphatic heterocycles. The third kappa shape index (κ3) is 5.63. The minimum atomic E-state index is 0.0335. The molecule has 0 saturated heterocycles. The highest BCUT2D eigenvalue weighted by molar-refractivity contribution is 7.99. The number of nitrogens with zero attached hydrogens (tertiary/aromatic N) is 4. The van der Waals surface area contributed by atoms with Gasteiger partial charge < -0.3 is 15.2 Å². The second-order valence-electron chi connectivity index (χ2n) is 4.68. The first-order valence-corrected chi connectivity index (χ1v) is 8.16. The molecule has 0 bridgehead atoms. The molecule has 1 aromatic carbocycles. The summed E-state index contributed by atoms with van der Waals surface area (Å²) in [7, 11) is 1.84. The van der Waals surface area contributed by atoms with E-state index in [-0.39, 0.29) is 6.61 Å². The lowest BCUT2D eigenvalue weighted by atomic mass is 10.2. The maximum atomic E-state index is 8.70. The number of aliphatic hydroxyl groups is 1. The minimum absolute atomic E-state index is 0.0335. The molecule has 1 heterocycles. The molecule has 0 aliphatic carbocycles. The predicted molar refractivity (Wildman–Crippen MR) is 84.9 cm³/mol. The Bertz CT molecular complexity index is 546. The van der Waals surface area contributed by atoms with Gasteiger partial charge in [0.25, 0.3) is 0 Å². The van der Waals surface area contributed by atoms with Gasteiger partial charge in [-0.25, -0.2) is 4.68 Å². The molecule has 2 N–H and O–H groups in total. The molecule has 1 aromatic heterocycles. The van der Waals surface area contributed by atoms with E-state index < -0.39 is 0 Å². The second kappa shape index (κ2) is 9.39. The number of thioether (sulfide) groups is 1. The standard InChI is InChI=1S/C14H21N5O2S/c1-19-14(16-17-18-19)22-10-2-7-15-11-12-3-5-13(6-4-12)21-9-8-20/h3-6,15,20H,2,7-11H2,1H3. The van der Waals surface area contributed by atoms with Crippen LogP contribution in [0.5, 0.6) is 5.75 Å². The lowest BCUT2D eigenvalue weighted by molar-refractivity contribution is 0.201. The maximum absolute atomic E-state index is 8.70. The van der Waals surface area contributed by atoms with Gasteiger partial charge in [-0.3, -0.25) is 0 Å². The zero-order valence-corrected chi connectivity index (χ0v) is 13.4. The number of hydrogen-bond acceptors (Lipinski definition) is 7. The van der Waals surface area contributed by atoms with E-state index in [1.54, 1.807) is 16.4 Å². The number of aryl methyl sites for hydroxylation is 1. The highest BCUT2D eigenvalue weighted by atomic mass is 32.2. The van der Waals surface area contributed by atoms with Crippen molar-refractivity contribution in [2.45, 2.75) is 18.1 Å². The zero-order chi connectivity index (χ0) is 15.6. The van der Waals surface area contributed by atoms with Gasteiger partial charge in [-0.2, -0.15) is 0 Å². The number of benzene rings is 1. The summed E-state index contributed by atoms with van der Waals surface area (Å²) in [6.07, 6.45) is 1.05. The minimum Gasteiger partial charge on any atom is -0.491 e. The summed E-state index contributed by atoms with van der Waals surface area (Å²) in [5, 5.41) is 24.3. The highest BCUT2D eigenvalue weighted by Gasteiger charge is 2.01. The molecule has 0 fully saturated rings. The van der Waals surface area contributed by atoms with Crippen molar-refractivity contribution in [2.24, 2.45) is 7.05 Å². The molecule has 2 rings (SSSR count). The monoisotopic (exact) mass is 323 g/mol. The van der Waals surface area contributed by atoms with E-state index >= 15 is 0 Å². The van der Waals surface area contributed by atoms with Gasteiger partial charge in [-0.1, -0.05) is 23.9 Å². The van der Waals surface area contributed by atoms with Gasteiger partial charge in [0, 0.05) is 19.3 Å². The average molecular weight is 323 g/mol. The molecule has 120 valence electrons. The molecule has 0 amide bonds. The second-order valence-corrected chi connectivity index (χ2v) is 5.74. The van der Waals surface area contributed by atoms with E-state index in [1.165, 1.54) is 5.56 Å². The maximum Gasteiger partial charge on any atom is 0.209 e. The van der Waals surface area contributed by atoms with Gasteiger partial charge in [-0.05, 0) is 41.1 Å². The van der Waals surface area contributed by atoms with E-state index in [4.69, 9.17) is 9.84 Å². The van der Waals surface area contributed by atoms with Crippen LogP contribution in [0.3, 0.4) is 0 Å². The van der Waals surface area contributed by atoms with Gasteiger partial charge in [0.05, 0.1) is 6.61 Å². The lowest BCUT2D eigenvalue weighted by Crippen LogP contribution is -2.15. The van der Waals surface area contributed by atoms with Crippen LogP contribution in [0, 0.1) is 0 Å². The van der Waals surface area contributed by atoms with Crippen LogP contribution in [0.4, 0.5) is 0 Å². The third-order valence-electron chi connectivity index (χ3n) is 2.92. The Kier molecular flexibility index (Phi) is 7.14. The van der Waals surface area contributed by atoms with E-state index in [2.05, 4.69) is 20.8 Å². The summed E-state index contributed by atoms with van der Waals surface area (Å²) in [5.74, 6) is 1.77. The molecule has 0 atom stereocenters.